The van der Waals surface area contributed by atoms with Gasteiger partial charge in [0.05, 0.1) is 11.6 Å². The summed E-state index contributed by atoms with van der Waals surface area (Å²) in [5, 5.41) is 3.28. The average Bonchev–Trinajstić information content (AvgIpc) is 2.84. The highest BCUT2D eigenvalue weighted by Gasteiger charge is 2.52. The van der Waals surface area contributed by atoms with E-state index in [1.54, 1.807) is 4.90 Å². The molecular weight excluding hydrogens is 250 g/mol. The number of para-hydroxylation sites is 1. The van der Waals surface area contributed by atoms with Crippen LogP contribution in [0.3, 0.4) is 0 Å². The van der Waals surface area contributed by atoms with Crippen molar-refractivity contribution in [2.24, 2.45) is 16.9 Å². The number of benzene rings is 1. The Morgan fingerprint density at radius 3 is 2.83 bits per heavy atom. The van der Waals surface area contributed by atoms with Crippen LogP contribution in [0.5, 0.6) is 0 Å². The molecule has 5 nitrogen and oxygen atoms in total. The Balaban J connectivity index is 2.13. The molecule has 18 heavy (non-hydrogen) atoms. The number of nitrogens with two attached hydrogens (primary N) is 1. The molecule has 6 heteroatoms. The Hall–Kier alpha value is -1.82. The van der Waals surface area contributed by atoms with E-state index >= 15 is 0 Å². The van der Waals surface area contributed by atoms with Gasteiger partial charge in [-0.2, -0.15) is 5.10 Å². The number of anilines is 1. The molecule has 1 amide bonds. The minimum atomic E-state index is -0.542. The van der Waals surface area contributed by atoms with Crippen LogP contribution in [0.4, 0.5) is 5.69 Å². The van der Waals surface area contributed by atoms with Crippen molar-refractivity contribution in [3.05, 3.63) is 24.3 Å². The van der Waals surface area contributed by atoms with Crippen molar-refractivity contribution in [3.8, 4) is 0 Å². The van der Waals surface area contributed by atoms with Gasteiger partial charge in [-0.1, -0.05) is 23.9 Å². The monoisotopic (exact) mass is 261 g/mol. The average molecular weight is 261 g/mol. The Morgan fingerprint density at radius 1 is 1.44 bits per heavy atom. The third-order valence-corrected chi connectivity index (χ3v) is 4.55. The smallest absolute Gasteiger partial charge is 0.276 e. The summed E-state index contributed by atoms with van der Waals surface area (Å²) < 4.78 is 0. The first-order chi connectivity index (χ1) is 8.65. The van der Waals surface area contributed by atoms with Crippen molar-refractivity contribution in [2.45, 2.75) is 17.2 Å². The standard InChI is InChI=1S/C12H11N3O2S/c1-6(16)9-10(14-13)11(17)15-7-4-2-3-5-8(7)18-12(9)15/h2-5,9,12H,13H2,1H3/b14-10+. The van der Waals surface area contributed by atoms with Gasteiger partial charge in [-0.25, -0.2) is 0 Å². The van der Waals surface area contributed by atoms with Crippen LogP contribution in [-0.2, 0) is 9.59 Å². The van der Waals surface area contributed by atoms with Crippen molar-refractivity contribution in [2.75, 3.05) is 4.90 Å². The minimum absolute atomic E-state index is 0.0830. The number of rotatable bonds is 1. The SMILES string of the molecule is CC(=O)C1/C(=N\N)C(=O)N2c3ccccc3SC12. The van der Waals surface area contributed by atoms with Crippen LogP contribution in [0, 0.1) is 5.92 Å². The first-order valence-corrected chi connectivity index (χ1v) is 6.40. The summed E-state index contributed by atoms with van der Waals surface area (Å²) in [6.45, 7) is 1.47. The van der Waals surface area contributed by atoms with E-state index in [0.29, 0.717) is 0 Å². The molecule has 0 aromatic heterocycles. The maximum absolute atomic E-state index is 12.2. The second-order valence-corrected chi connectivity index (χ2v) is 5.41. The fourth-order valence-corrected chi connectivity index (χ4v) is 3.91. The van der Waals surface area contributed by atoms with Gasteiger partial charge >= 0.3 is 0 Å². The summed E-state index contributed by atoms with van der Waals surface area (Å²) in [6.07, 6.45) is 0. The van der Waals surface area contributed by atoms with Gasteiger partial charge in [0, 0.05) is 4.90 Å². The summed E-state index contributed by atoms with van der Waals surface area (Å²) >= 11 is 1.51. The number of hydrogen-bond acceptors (Lipinski definition) is 5. The molecule has 2 unspecified atom stereocenters. The highest BCUT2D eigenvalue weighted by atomic mass is 32.2. The van der Waals surface area contributed by atoms with Crippen LogP contribution in [0.1, 0.15) is 6.92 Å². The van der Waals surface area contributed by atoms with E-state index in [2.05, 4.69) is 5.10 Å². The zero-order chi connectivity index (χ0) is 12.9. The molecular formula is C12H11N3O2S. The number of carbonyl (C=O) groups is 2. The molecule has 0 saturated carbocycles. The molecule has 0 aliphatic carbocycles. The predicted octanol–water partition coefficient (Wildman–Crippen LogP) is 0.985. The van der Waals surface area contributed by atoms with Gasteiger partial charge in [0.15, 0.2) is 0 Å². The van der Waals surface area contributed by atoms with Gasteiger partial charge in [-0.05, 0) is 19.1 Å². The van der Waals surface area contributed by atoms with Gasteiger partial charge in [0.25, 0.3) is 5.91 Å². The summed E-state index contributed by atoms with van der Waals surface area (Å²) in [7, 11) is 0. The van der Waals surface area contributed by atoms with E-state index in [0.717, 1.165) is 10.6 Å². The summed E-state index contributed by atoms with van der Waals surface area (Å²) in [5.41, 5.74) is 0.997. The van der Waals surface area contributed by atoms with E-state index < -0.39 is 5.92 Å². The lowest BCUT2D eigenvalue weighted by Gasteiger charge is -2.16. The predicted molar refractivity (Wildman–Crippen MR) is 69.4 cm³/mol. The van der Waals surface area contributed by atoms with E-state index in [1.807, 2.05) is 24.3 Å². The first-order valence-electron chi connectivity index (χ1n) is 5.52. The minimum Gasteiger partial charge on any atom is -0.323 e. The van der Waals surface area contributed by atoms with E-state index in [9.17, 15) is 9.59 Å². The zero-order valence-corrected chi connectivity index (χ0v) is 10.5. The number of ketones is 1. The van der Waals surface area contributed by atoms with Crippen molar-refractivity contribution >= 4 is 34.9 Å². The number of amides is 1. The molecule has 92 valence electrons. The van der Waals surface area contributed by atoms with Crippen LogP contribution in [0.25, 0.3) is 0 Å². The molecule has 2 aliphatic heterocycles. The van der Waals surface area contributed by atoms with Gasteiger partial charge in [-0.3, -0.25) is 14.5 Å². The number of hydrazone groups is 1. The fraction of sp³-hybridized carbons (Fsp3) is 0.250. The van der Waals surface area contributed by atoms with Crippen molar-refractivity contribution in [1.82, 2.24) is 0 Å². The van der Waals surface area contributed by atoms with Gasteiger partial charge in [-0.15, -0.1) is 0 Å². The molecule has 2 aliphatic rings. The van der Waals surface area contributed by atoms with Crippen molar-refractivity contribution in [3.63, 3.8) is 0 Å². The maximum atomic E-state index is 12.2. The Morgan fingerprint density at radius 2 is 2.17 bits per heavy atom. The van der Waals surface area contributed by atoms with Crippen LogP contribution in [0.2, 0.25) is 0 Å². The molecule has 1 aromatic rings. The molecule has 1 aromatic carbocycles. The molecule has 3 rings (SSSR count). The fourth-order valence-electron chi connectivity index (χ4n) is 2.44. The third-order valence-electron chi connectivity index (χ3n) is 3.22. The molecule has 2 atom stereocenters. The number of hydrogen-bond donors (Lipinski definition) is 1. The number of nitrogens with zero attached hydrogens (tertiary/aromatic N) is 2. The lowest BCUT2D eigenvalue weighted by atomic mass is 10.0. The number of Topliss-reactive ketones (excluding diaryl/α,β-unsaturated/α-hetero) is 1. The lowest BCUT2D eigenvalue weighted by molar-refractivity contribution is -0.118. The largest absolute Gasteiger partial charge is 0.323 e. The zero-order valence-electron chi connectivity index (χ0n) is 9.66. The Kier molecular flexibility index (Phi) is 2.41. The third kappa shape index (κ3) is 1.32. The lowest BCUT2D eigenvalue weighted by Crippen LogP contribution is -2.30. The molecule has 0 spiro atoms. The van der Waals surface area contributed by atoms with E-state index in [1.165, 1.54) is 18.7 Å². The second-order valence-electron chi connectivity index (χ2n) is 4.25. The molecule has 2 heterocycles. The summed E-state index contributed by atoms with van der Waals surface area (Å²) in [6, 6.07) is 7.60. The van der Waals surface area contributed by atoms with Crippen molar-refractivity contribution in [1.29, 1.82) is 0 Å². The first kappa shape index (κ1) is 11.3. The van der Waals surface area contributed by atoms with Gasteiger partial charge < -0.3 is 5.84 Å². The molecule has 1 fully saturated rings. The van der Waals surface area contributed by atoms with Gasteiger partial charge in [0.2, 0.25) is 0 Å². The highest BCUT2D eigenvalue weighted by molar-refractivity contribution is 8.00. The molecule has 0 radical (unpaired) electrons. The number of thioether (sulfide) groups is 1. The number of carbonyl (C=O) groups excluding carboxylic acids is 2. The van der Waals surface area contributed by atoms with Gasteiger partial charge in [0.1, 0.15) is 16.9 Å². The maximum Gasteiger partial charge on any atom is 0.276 e. The van der Waals surface area contributed by atoms with Crippen LogP contribution < -0.4 is 10.7 Å². The topological polar surface area (TPSA) is 75.8 Å². The van der Waals surface area contributed by atoms with Crippen LogP contribution >= 0.6 is 11.8 Å². The Bertz CT molecular complexity index is 584. The molecule has 2 N–H and O–H groups in total. The van der Waals surface area contributed by atoms with Crippen LogP contribution in [-0.4, -0.2) is 22.8 Å². The number of fused-ring (bicyclic) bond motifs is 3. The highest BCUT2D eigenvalue weighted by Crippen LogP contribution is 2.49. The molecule has 0 bridgehead atoms. The van der Waals surface area contributed by atoms with Crippen LogP contribution in [0.15, 0.2) is 34.3 Å². The quantitative estimate of drug-likeness (QED) is 0.604. The molecule has 1 saturated heterocycles. The van der Waals surface area contributed by atoms with E-state index in [4.69, 9.17) is 5.84 Å². The van der Waals surface area contributed by atoms with Crippen molar-refractivity contribution < 1.29 is 9.59 Å². The summed E-state index contributed by atoms with van der Waals surface area (Å²) in [5.74, 6) is 4.37. The van der Waals surface area contributed by atoms with E-state index in [-0.39, 0.29) is 22.8 Å². The summed E-state index contributed by atoms with van der Waals surface area (Å²) in [4.78, 5) is 26.6. The normalized spacial score (nSPS) is 27.5. The Labute approximate surface area is 108 Å². The second kappa shape index (κ2) is 3.84.